The van der Waals surface area contributed by atoms with Gasteiger partial charge in [-0.1, -0.05) is 11.8 Å². The van der Waals surface area contributed by atoms with E-state index < -0.39 is 0 Å². The van der Waals surface area contributed by atoms with Gasteiger partial charge in [0, 0.05) is 41.2 Å². The van der Waals surface area contributed by atoms with Gasteiger partial charge in [0.25, 0.3) is 5.91 Å². The van der Waals surface area contributed by atoms with Crippen molar-refractivity contribution in [2.24, 2.45) is 0 Å². The summed E-state index contributed by atoms with van der Waals surface area (Å²) in [5.41, 5.74) is 3.41. The lowest BCUT2D eigenvalue weighted by Crippen LogP contribution is -2.26. The SMILES string of the molecule is Cc1cn2c(Nc3cc(C)[nH]n3)nc(Sc3ccc(NC(=O)[C@@H]4CCCO4)cc3)cc2n1. The topological polar surface area (TPSA) is 109 Å². The molecule has 0 spiro atoms. The van der Waals surface area contributed by atoms with Crippen molar-refractivity contribution in [1.29, 1.82) is 0 Å². The predicted octanol–water partition coefficient (Wildman–Crippen LogP) is 4.08. The number of H-pyrrole nitrogens is 1. The first kappa shape index (κ1) is 20.5. The quantitative estimate of drug-likeness (QED) is 0.381. The molecule has 32 heavy (non-hydrogen) atoms. The first-order valence-corrected chi connectivity index (χ1v) is 11.2. The lowest BCUT2D eigenvalue weighted by Gasteiger charge is -2.11. The van der Waals surface area contributed by atoms with Crippen molar-refractivity contribution in [3.63, 3.8) is 0 Å². The number of rotatable bonds is 6. The second-order valence-corrected chi connectivity index (χ2v) is 8.80. The van der Waals surface area contributed by atoms with E-state index in [1.54, 1.807) is 0 Å². The number of aryl methyl sites for hydroxylation is 2. The summed E-state index contributed by atoms with van der Waals surface area (Å²) in [4.78, 5) is 22.6. The summed E-state index contributed by atoms with van der Waals surface area (Å²) in [6.07, 6.45) is 3.29. The van der Waals surface area contributed by atoms with Crippen LogP contribution in [0, 0.1) is 13.8 Å². The van der Waals surface area contributed by atoms with Crippen LogP contribution in [0.25, 0.3) is 5.65 Å². The Morgan fingerprint density at radius 1 is 1.22 bits per heavy atom. The lowest BCUT2D eigenvalue weighted by molar-refractivity contribution is -0.124. The van der Waals surface area contributed by atoms with Crippen LogP contribution in [0.15, 0.2) is 52.5 Å². The van der Waals surface area contributed by atoms with Crippen molar-refractivity contribution in [2.45, 2.75) is 42.7 Å². The zero-order chi connectivity index (χ0) is 22.1. The second kappa shape index (κ2) is 8.64. The Hall–Kier alpha value is -3.37. The molecule has 4 aromatic rings. The molecule has 0 aliphatic carbocycles. The molecule has 4 heterocycles. The number of fused-ring (bicyclic) bond motifs is 1. The Kier molecular flexibility index (Phi) is 5.54. The standard InChI is InChI=1S/C22H23N7O2S/c1-13-10-18(28-27-13)25-22-26-20(11-19-23-14(2)12-29(19)22)32-16-7-5-15(6-8-16)24-21(30)17-4-3-9-31-17/h5-8,10-12,17H,3-4,9H2,1-2H3,(H,24,30)(H2,25,26,27,28)/t17-/m0/s1. The number of aromatic nitrogens is 5. The maximum atomic E-state index is 12.2. The lowest BCUT2D eigenvalue weighted by atomic mass is 10.2. The van der Waals surface area contributed by atoms with Gasteiger partial charge in [-0.25, -0.2) is 9.97 Å². The Morgan fingerprint density at radius 3 is 2.78 bits per heavy atom. The number of nitrogens with zero attached hydrogens (tertiary/aromatic N) is 4. The molecule has 0 bridgehead atoms. The van der Waals surface area contributed by atoms with Crippen LogP contribution in [0.4, 0.5) is 17.5 Å². The summed E-state index contributed by atoms with van der Waals surface area (Å²) in [5.74, 6) is 1.24. The van der Waals surface area contributed by atoms with E-state index >= 15 is 0 Å². The van der Waals surface area contributed by atoms with Crippen molar-refractivity contribution in [3.05, 3.63) is 54.0 Å². The van der Waals surface area contributed by atoms with Crippen molar-refractivity contribution >= 4 is 40.8 Å². The van der Waals surface area contributed by atoms with Crippen LogP contribution in [-0.4, -0.2) is 43.2 Å². The molecule has 1 saturated heterocycles. The molecule has 3 N–H and O–H groups in total. The highest BCUT2D eigenvalue weighted by Crippen LogP contribution is 2.30. The van der Waals surface area contributed by atoms with Crippen LogP contribution in [-0.2, 0) is 9.53 Å². The molecule has 5 rings (SSSR count). The highest BCUT2D eigenvalue weighted by molar-refractivity contribution is 7.99. The predicted molar refractivity (Wildman–Crippen MR) is 123 cm³/mol. The number of ether oxygens (including phenoxy) is 1. The van der Waals surface area contributed by atoms with Gasteiger partial charge in [-0.3, -0.25) is 14.3 Å². The number of hydrogen-bond donors (Lipinski definition) is 3. The average molecular weight is 450 g/mol. The molecule has 1 aliphatic heterocycles. The normalized spacial score (nSPS) is 15.9. The van der Waals surface area contributed by atoms with Gasteiger partial charge in [-0.05, 0) is 51.0 Å². The minimum Gasteiger partial charge on any atom is -0.368 e. The van der Waals surface area contributed by atoms with Gasteiger partial charge >= 0.3 is 0 Å². The van der Waals surface area contributed by atoms with Gasteiger partial charge in [0.2, 0.25) is 5.95 Å². The number of carbonyl (C=O) groups excluding carboxylic acids is 1. The maximum Gasteiger partial charge on any atom is 0.253 e. The van der Waals surface area contributed by atoms with E-state index in [2.05, 4.69) is 25.8 Å². The minimum absolute atomic E-state index is 0.0889. The van der Waals surface area contributed by atoms with Crippen LogP contribution in [0.2, 0.25) is 0 Å². The Labute approximate surface area is 189 Å². The van der Waals surface area contributed by atoms with E-state index in [1.807, 2.05) is 60.8 Å². The molecule has 9 nitrogen and oxygen atoms in total. The van der Waals surface area contributed by atoms with E-state index in [-0.39, 0.29) is 12.0 Å². The maximum absolute atomic E-state index is 12.2. The van der Waals surface area contributed by atoms with Crippen LogP contribution >= 0.6 is 11.8 Å². The summed E-state index contributed by atoms with van der Waals surface area (Å²) in [7, 11) is 0. The summed E-state index contributed by atoms with van der Waals surface area (Å²) >= 11 is 1.52. The van der Waals surface area contributed by atoms with E-state index in [9.17, 15) is 4.79 Å². The second-order valence-electron chi connectivity index (χ2n) is 7.71. The summed E-state index contributed by atoms with van der Waals surface area (Å²) < 4.78 is 7.35. The zero-order valence-corrected chi connectivity index (χ0v) is 18.6. The molecule has 0 unspecified atom stereocenters. The van der Waals surface area contributed by atoms with Crippen molar-refractivity contribution < 1.29 is 9.53 Å². The molecule has 0 saturated carbocycles. The molecule has 1 aromatic carbocycles. The van der Waals surface area contributed by atoms with Crippen LogP contribution in [0.3, 0.4) is 0 Å². The third-order valence-corrected chi connectivity index (χ3v) is 5.99. The largest absolute Gasteiger partial charge is 0.368 e. The third kappa shape index (κ3) is 4.46. The molecular weight excluding hydrogens is 426 g/mol. The number of anilines is 3. The van der Waals surface area contributed by atoms with Crippen molar-refractivity contribution in [3.8, 4) is 0 Å². The third-order valence-electron chi connectivity index (χ3n) is 5.06. The zero-order valence-electron chi connectivity index (χ0n) is 17.8. The fourth-order valence-electron chi connectivity index (χ4n) is 3.56. The number of imidazole rings is 1. The first-order valence-electron chi connectivity index (χ1n) is 10.4. The molecule has 3 aromatic heterocycles. The number of benzene rings is 1. The molecule has 1 atom stereocenters. The van der Waals surface area contributed by atoms with Gasteiger partial charge in [-0.15, -0.1) is 0 Å². The van der Waals surface area contributed by atoms with Gasteiger partial charge in [0.05, 0.1) is 5.69 Å². The van der Waals surface area contributed by atoms with Gasteiger partial charge < -0.3 is 15.4 Å². The Bertz CT molecular complexity index is 1260. The van der Waals surface area contributed by atoms with E-state index in [1.165, 1.54) is 11.8 Å². The van der Waals surface area contributed by atoms with Gasteiger partial charge in [-0.2, -0.15) is 5.10 Å². The summed E-state index contributed by atoms with van der Waals surface area (Å²) in [5, 5.41) is 14.1. The van der Waals surface area contributed by atoms with Crippen LogP contribution < -0.4 is 10.6 Å². The van der Waals surface area contributed by atoms with E-state index in [0.29, 0.717) is 18.4 Å². The molecule has 164 valence electrons. The number of nitrogens with one attached hydrogen (secondary N) is 3. The summed E-state index contributed by atoms with van der Waals surface area (Å²) in [6.45, 7) is 4.55. The smallest absolute Gasteiger partial charge is 0.253 e. The average Bonchev–Trinajstić information content (AvgIpc) is 3.51. The monoisotopic (exact) mass is 449 g/mol. The van der Waals surface area contributed by atoms with E-state index in [0.717, 1.165) is 45.5 Å². The first-order chi connectivity index (χ1) is 15.5. The molecule has 1 aliphatic rings. The highest BCUT2D eigenvalue weighted by Gasteiger charge is 2.23. The molecule has 1 amide bonds. The number of amides is 1. The van der Waals surface area contributed by atoms with E-state index in [4.69, 9.17) is 9.72 Å². The molecule has 10 heteroatoms. The minimum atomic E-state index is -0.345. The number of aromatic amines is 1. The highest BCUT2D eigenvalue weighted by atomic mass is 32.2. The summed E-state index contributed by atoms with van der Waals surface area (Å²) in [6, 6.07) is 11.6. The van der Waals surface area contributed by atoms with Crippen LogP contribution in [0.5, 0.6) is 0 Å². The van der Waals surface area contributed by atoms with Crippen molar-refractivity contribution in [1.82, 2.24) is 24.6 Å². The van der Waals surface area contributed by atoms with Crippen molar-refractivity contribution in [2.75, 3.05) is 17.2 Å². The number of hydrogen-bond acceptors (Lipinski definition) is 7. The Morgan fingerprint density at radius 2 is 2.06 bits per heavy atom. The van der Waals surface area contributed by atoms with Gasteiger partial charge in [0.1, 0.15) is 16.8 Å². The van der Waals surface area contributed by atoms with Gasteiger partial charge in [0.15, 0.2) is 5.82 Å². The fraction of sp³-hybridized carbons (Fsp3) is 0.273. The number of carbonyl (C=O) groups is 1. The molecular formula is C22H23N7O2S. The fourth-order valence-corrected chi connectivity index (χ4v) is 4.37. The molecule has 0 radical (unpaired) electrons. The molecule has 1 fully saturated rings. The van der Waals surface area contributed by atoms with Crippen LogP contribution in [0.1, 0.15) is 24.2 Å². The Balaban J connectivity index is 1.34.